The summed E-state index contributed by atoms with van der Waals surface area (Å²) < 4.78 is 19.2. The Hall–Kier alpha value is -9.36. The molecule has 5 aromatic heterocycles. The highest BCUT2D eigenvalue weighted by molar-refractivity contribution is 6.44. The van der Waals surface area contributed by atoms with Gasteiger partial charge in [0.2, 0.25) is 6.08 Å². The number of aliphatic imine (C=N–C) groups is 1. The number of isocyanates is 1. The van der Waals surface area contributed by atoms with Gasteiger partial charge in [0.15, 0.2) is 0 Å². The number of cyclic esters (lactones) is 2. The third-order valence-electron chi connectivity index (χ3n) is 20.4. The number of H-pyrrole nitrogens is 5. The van der Waals surface area contributed by atoms with Crippen molar-refractivity contribution in [2.45, 2.75) is 37.8 Å². The number of ether oxygens (including phenoxy) is 3. The molecule has 2 unspecified atom stereocenters. The molecule has 9 N–H and O–H groups in total. The number of aromatic carboxylic acids is 1. The molecule has 12 aromatic rings. The first-order valence-corrected chi connectivity index (χ1v) is 39.4. The summed E-state index contributed by atoms with van der Waals surface area (Å²) >= 11 is 53.4. The van der Waals surface area contributed by atoms with Crippen LogP contribution in [0, 0.1) is 11.8 Å². The van der Waals surface area contributed by atoms with Crippen molar-refractivity contribution < 1.29 is 42.9 Å². The highest BCUT2D eigenvalue weighted by Crippen LogP contribution is 2.42. The van der Waals surface area contributed by atoms with E-state index in [1.54, 1.807) is 6.07 Å². The monoisotopic (exact) mass is 1720 g/mol. The average molecular weight is 1730 g/mol. The van der Waals surface area contributed by atoms with E-state index < -0.39 is 29.3 Å². The molecular formula is C78H67Cl9N14O13. The molecule has 590 valence electrons. The van der Waals surface area contributed by atoms with Crippen LogP contribution in [0.1, 0.15) is 56.8 Å². The number of fused-ring (bicyclic) bond motifs is 12. The molecule has 0 radical (unpaired) electrons. The van der Waals surface area contributed by atoms with Crippen LogP contribution in [-0.2, 0) is 19.0 Å². The molecule has 0 saturated carbocycles. The fraction of sp³-hybridized carbons (Fsp3) is 0.282. The number of nitrogens with zero attached hydrogens (tertiary/aromatic N) is 6. The summed E-state index contributed by atoms with van der Waals surface area (Å²) in [4.78, 5) is 127. The van der Waals surface area contributed by atoms with Crippen LogP contribution < -0.4 is 43.4 Å². The number of carbonyl (C=O) groups excluding carboxylic acids is 3. The summed E-state index contributed by atoms with van der Waals surface area (Å²) in [5.41, 5.74) is 7.66. The van der Waals surface area contributed by atoms with E-state index in [0.717, 1.165) is 140 Å². The van der Waals surface area contributed by atoms with Gasteiger partial charge in [-0.25, -0.2) is 38.7 Å². The van der Waals surface area contributed by atoms with Gasteiger partial charge in [0.1, 0.15) is 22.8 Å². The average Bonchev–Trinajstić information content (AvgIpc) is 1.39. The number of rotatable bonds is 9. The van der Waals surface area contributed by atoms with Crippen LogP contribution in [0.25, 0.3) is 77.6 Å². The second kappa shape index (κ2) is 35.8. The van der Waals surface area contributed by atoms with Crippen molar-refractivity contribution in [3.05, 3.63) is 213 Å². The Balaban J connectivity index is 0.000000123. The van der Waals surface area contributed by atoms with Crippen LogP contribution in [0.15, 0.2) is 138 Å². The summed E-state index contributed by atoms with van der Waals surface area (Å²) in [6, 6.07) is 31.4. The van der Waals surface area contributed by atoms with Crippen LogP contribution >= 0.6 is 104 Å². The molecule has 114 heavy (non-hydrogen) atoms. The number of hydrogen-bond acceptors (Lipinski definition) is 21. The SMILES string of the molecule is C1COCCN1.O=C1OC(=O)c2cc(Cl)c(Cl)cc21.O=C=Nc1cc(Cl)c(Cl)cc1C(=O)O.O=c1[nH]c2cc(Cl)c(Cl)cc2c(=O)o1.O=c1[nH]c2cc(Cl)c(Cl)cc2c(NC2CN3CCC2CC3)c1-c1nc2ccccc2[nH]1.O=c1[nH]c2cc(N3CCOCC3)c(Cl)cc2c(NC2CN3CCC2CC3)c1-c1nc2ccccc2[nH]1. The Bertz CT molecular complexity index is 5900. The molecule has 27 nitrogen and oxygen atoms in total. The molecule has 9 aliphatic heterocycles. The number of benzene rings is 7. The molecular weight excluding hydrogens is 1660 g/mol. The zero-order chi connectivity index (χ0) is 80.2. The third-order valence-corrected chi connectivity index (χ3v) is 23.6. The van der Waals surface area contributed by atoms with Crippen LogP contribution in [0.2, 0.25) is 45.2 Å². The maximum Gasteiger partial charge on any atom is 0.419 e. The van der Waals surface area contributed by atoms with Gasteiger partial charge in [-0.2, -0.15) is 4.99 Å². The number of imidazole rings is 2. The Labute approximate surface area is 691 Å². The minimum absolute atomic E-state index is 0.0677. The van der Waals surface area contributed by atoms with Crippen molar-refractivity contribution in [1.29, 1.82) is 0 Å². The van der Waals surface area contributed by atoms with Gasteiger partial charge in [0, 0.05) is 62.1 Å². The minimum atomic E-state index is -1.24. The maximum atomic E-state index is 13.7. The summed E-state index contributed by atoms with van der Waals surface area (Å²) in [5.74, 6) is -1.13. The zero-order valence-corrected chi connectivity index (χ0v) is 66.7. The molecule has 8 saturated heterocycles. The largest absolute Gasteiger partial charge is 0.478 e. The van der Waals surface area contributed by atoms with Gasteiger partial charge >= 0.3 is 29.3 Å². The van der Waals surface area contributed by atoms with Crippen LogP contribution in [0.4, 0.5) is 22.7 Å². The second-order valence-corrected chi connectivity index (χ2v) is 31.1. The summed E-state index contributed by atoms with van der Waals surface area (Å²) in [5, 5.41) is 24.1. The number of piperidine rings is 6. The number of esters is 2. The topological polar surface area (TPSA) is 361 Å². The number of aromatic nitrogens is 7. The molecule has 9 aliphatic rings. The maximum absolute atomic E-state index is 13.7. The molecule has 7 aromatic carbocycles. The predicted octanol–water partition coefficient (Wildman–Crippen LogP) is 15.3. The van der Waals surface area contributed by atoms with Gasteiger partial charge in [0.25, 0.3) is 11.1 Å². The number of pyridine rings is 2. The molecule has 8 fully saturated rings. The second-order valence-electron chi connectivity index (χ2n) is 27.4. The number of aromatic amines is 5. The quantitative estimate of drug-likeness (QED) is 0.0280. The van der Waals surface area contributed by atoms with E-state index in [0.29, 0.717) is 73.9 Å². The highest BCUT2D eigenvalue weighted by Gasteiger charge is 2.38. The van der Waals surface area contributed by atoms with Crippen molar-refractivity contribution in [1.82, 2.24) is 50.0 Å². The van der Waals surface area contributed by atoms with Gasteiger partial charge < -0.3 is 74.3 Å². The van der Waals surface area contributed by atoms with E-state index in [1.807, 2.05) is 66.7 Å². The van der Waals surface area contributed by atoms with Crippen LogP contribution in [-0.4, -0.2) is 178 Å². The number of anilines is 3. The van der Waals surface area contributed by atoms with Crippen molar-refractivity contribution in [2.24, 2.45) is 16.8 Å². The van der Waals surface area contributed by atoms with Gasteiger partial charge in [-0.3, -0.25) is 14.6 Å². The number of carboxylic acid groups (broad SMARTS) is 1. The Morgan fingerprint density at radius 3 is 1.39 bits per heavy atom. The summed E-state index contributed by atoms with van der Waals surface area (Å²) in [6.07, 6.45) is 5.94. The summed E-state index contributed by atoms with van der Waals surface area (Å²) in [7, 11) is 0. The summed E-state index contributed by atoms with van der Waals surface area (Å²) in [6.45, 7) is 13.3. The van der Waals surface area contributed by atoms with Crippen molar-refractivity contribution in [3.8, 4) is 22.8 Å². The van der Waals surface area contributed by atoms with Crippen molar-refractivity contribution >= 4 is 206 Å². The molecule has 2 atom stereocenters. The number of morpholine rings is 2. The number of nitrogens with one attached hydrogen (secondary N) is 8. The molecule has 21 rings (SSSR count). The molecule has 0 aliphatic carbocycles. The molecule has 36 heteroatoms. The third kappa shape index (κ3) is 18.2. The standard InChI is InChI=1S/C27H29ClN6O2.C23H21Cl2N5O.2C8H3Cl2NO3.C8H2Cl2O3.C4H9NO/c28-18-13-17-21(14-23(18)34-9-11-36-12-10-34)32-27(35)24(26-30-19-3-1-2-4-20(19)31-26)25(17)29-22-15-33-7-5-16(22)6-8-33;24-14-9-13-18(10-15(14)25)29-23(31)20(22-27-16-3-1-2-4-17(16)28-22)21(13)26-19-11-30-7-5-12(19)6-8-30;9-4-1-3-6(2-5(4)10)11-8(13)14-7(3)12;9-5-1-4(8(13)14)7(11-3-12)2-6(5)10;9-5-1-3-4(2-6(5)10)8(12)13-7(3)11;1-3-6-4-2-5-1/h1-4,13-14,16,22H,5-12,15H2,(H,30,31)(H2,29,32,35);1-4,9-10,12,19H,5-8,11H2,(H,27,28)(H2,26,29,31);1-2H,(H,11,13);1-2H,(H,13,14);1-2H;5H,1-4H2. The van der Waals surface area contributed by atoms with E-state index in [2.05, 4.69) is 69.7 Å². The Kier molecular flexibility index (Phi) is 25.5. The number of para-hydroxylation sites is 4. The number of carboxylic acids is 1. The Morgan fingerprint density at radius 1 is 0.500 bits per heavy atom. The van der Waals surface area contributed by atoms with Gasteiger partial charge in [-0.05, 0) is 149 Å². The fourth-order valence-electron chi connectivity index (χ4n) is 14.7. The zero-order valence-electron chi connectivity index (χ0n) is 59.9. The minimum Gasteiger partial charge on any atom is -0.478 e. The first kappa shape index (κ1) is 81.2. The van der Waals surface area contributed by atoms with Gasteiger partial charge in [-0.1, -0.05) is 129 Å². The van der Waals surface area contributed by atoms with Crippen molar-refractivity contribution in [3.63, 3.8) is 0 Å². The lowest BCUT2D eigenvalue weighted by Gasteiger charge is -2.45. The van der Waals surface area contributed by atoms with E-state index in [4.69, 9.17) is 129 Å². The van der Waals surface area contributed by atoms with E-state index in [1.165, 1.54) is 62.1 Å². The number of halogens is 9. The first-order chi connectivity index (χ1) is 54.9. The Morgan fingerprint density at radius 2 is 0.939 bits per heavy atom. The van der Waals surface area contributed by atoms with Crippen LogP contribution in [0.3, 0.4) is 0 Å². The van der Waals surface area contributed by atoms with E-state index in [-0.39, 0.29) is 81.1 Å². The van der Waals surface area contributed by atoms with Gasteiger partial charge in [0.05, 0.1) is 155 Å². The molecule has 4 bridgehead atoms. The smallest absolute Gasteiger partial charge is 0.419 e. The highest BCUT2D eigenvalue weighted by atomic mass is 35.5. The number of hydrogen-bond donors (Lipinski definition) is 9. The lowest BCUT2D eigenvalue weighted by atomic mass is 9.83. The first-order valence-electron chi connectivity index (χ1n) is 36.0. The predicted molar refractivity (Wildman–Crippen MR) is 445 cm³/mol. The lowest BCUT2D eigenvalue weighted by molar-refractivity contribution is 0.0442. The fourth-order valence-corrected chi connectivity index (χ4v) is 16.3. The van der Waals surface area contributed by atoms with Crippen molar-refractivity contribution in [2.75, 3.05) is 107 Å². The molecule has 0 amide bonds. The van der Waals surface area contributed by atoms with Gasteiger partial charge in [-0.15, -0.1) is 0 Å². The molecule has 0 spiro atoms. The van der Waals surface area contributed by atoms with E-state index in [9.17, 15) is 38.4 Å². The van der Waals surface area contributed by atoms with E-state index >= 15 is 0 Å². The number of carbonyl (C=O) groups is 3. The lowest BCUT2D eigenvalue weighted by Crippen LogP contribution is -2.53. The molecule has 14 heterocycles. The van der Waals surface area contributed by atoms with Crippen LogP contribution in [0.5, 0.6) is 0 Å². The normalized spacial score (nSPS) is 19.2.